The van der Waals surface area contributed by atoms with Crippen molar-refractivity contribution in [1.82, 2.24) is 4.90 Å². The van der Waals surface area contributed by atoms with Crippen LogP contribution in [0.2, 0.25) is 0 Å². The van der Waals surface area contributed by atoms with Gasteiger partial charge in [-0.3, -0.25) is 4.79 Å². The standard InChI is InChI=1S/C14H24N2OS/c1-5-16(6-2)9-7-8-15-12-11(10(3)4)13(17)14(12)18/h10,15H,5-9H2,1-4H3. The highest BCUT2D eigenvalue weighted by Crippen LogP contribution is 2.24. The number of hydrogen-bond acceptors (Lipinski definition) is 4. The van der Waals surface area contributed by atoms with Gasteiger partial charge >= 0.3 is 0 Å². The number of rotatable bonds is 8. The van der Waals surface area contributed by atoms with Crippen LogP contribution >= 0.6 is 12.2 Å². The summed E-state index contributed by atoms with van der Waals surface area (Å²) in [6.07, 6.45) is 1.08. The molecule has 1 aromatic rings. The van der Waals surface area contributed by atoms with E-state index in [9.17, 15) is 4.79 Å². The molecule has 0 aliphatic carbocycles. The minimum Gasteiger partial charge on any atom is -0.383 e. The Hall–Kier alpha value is -0.740. The molecule has 0 unspecified atom stereocenters. The quantitative estimate of drug-likeness (QED) is 0.580. The highest BCUT2D eigenvalue weighted by Gasteiger charge is 2.19. The third kappa shape index (κ3) is 3.39. The molecule has 1 N–H and O–H groups in total. The van der Waals surface area contributed by atoms with Gasteiger partial charge in [-0.1, -0.05) is 39.9 Å². The van der Waals surface area contributed by atoms with E-state index < -0.39 is 0 Å². The van der Waals surface area contributed by atoms with Gasteiger partial charge in [-0.05, 0) is 32.0 Å². The molecule has 0 bridgehead atoms. The van der Waals surface area contributed by atoms with Gasteiger partial charge in [0.1, 0.15) is 4.51 Å². The number of anilines is 1. The maximum absolute atomic E-state index is 11.6. The molecule has 0 saturated heterocycles. The lowest BCUT2D eigenvalue weighted by atomic mass is 9.96. The molecule has 0 radical (unpaired) electrons. The molecule has 4 heteroatoms. The number of hydrogen-bond donors (Lipinski definition) is 1. The fraction of sp³-hybridized carbons (Fsp3) is 0.714. The van der Waals surface area contributed by atoms with Crippen LogP contribution in [0.4, 0.5) is 5.69 Å². The molecule has 0 aliphatic heterocycles. The second-order valence-electron chi connectivity index (χ2n) is 4.91. The molecule has 0 fully saturated rings. The molecule has 0 spiro atoms. The van der Waals surface area contributed by atoms with Crippen molar-refractivity contribution in [2.75, 3.05) is 31.5 Å². The van der Waals surface area contributed by atoms with Crippen LogP contribution in [0.5, 0.6) is 0 Å². The average molecular weight is 268 g/mol. The molecular formula is C14H24N2OS. The van der Waals surface area contributed by atoms with Gasteiger partial charge < -0.3 is 10.2 Å². The molecule has 0 heterocycles. The van der Waals surface area contributed by atoms with Crippen molar-refractivity contribution < 1.29 is 0 Å². The zero-order chi connectivity index (χ0) is 13.7. The van der Waals surface area contributed by atoms with E-state index >= 15 is 0 Å². The van der Waals surface area contributed by atoms with E-state index in [4.69, 9.17) is 12.2 Å². The predicted molar refractivity (Wildman–Crippen MR) is 80.9 cm³/mol. The van der Waals surface area contributed by atoms with Gasteiger partial charge in [0, 0.05) is 12.1 Å². The normalized spacial score (nSPS) is 11.7. The Morgan fingerprint density at radius 1 is 1.28 bits per heavy atom. The summed E-state index contributed by atoms with van der Waals surface area (Å²) in [5, 5.41) is 3.33. The smallest absolute Gasteiger partial charge is 0.204 e. The van der Waals surface area contributed by atoms with E-state index in [0.717, 1.165) is 43.9 Å². The number of nitrogens with zero attached hydrogens (tertiary/aromatic N) is 1. The molecule has 0 aliphatic rings. The van der Waals surface area contributed by atoms with E-state index in [1.54, 1.807) is 0 Å². The average Bonchev–Trinajstić information content (AvgIpc) is 2.36. The fourth-order valence-electron chi connectivity index (χ4n) is 2.19. The van der Waals surface area contributed by atoms with Gasteiger partial charge in [-0.2, -0.15) is 0 Å². The summed E-state index contributed by atoms with van der Waals surface area (Å²) in [4.78, 5) is 14.0. The summed E-state index contributed by atoms with van der Waals surface area (Å²) in [6, 6.07) is 0. The molecule has 0 saturated carbocycles. The number of nitrogens with one attached hydrogen (secondary N) is 1. The molecule has 18 heavy (non-hydrogen) atoms. The van der Waals surface area contributed by atoms with Gasteiger partial charge in [0.25, 0.3) is 0 Å². The monoisotopic (exact) mass is 268 g/mol. The second kappa shape index (κ2) is 7.00. The van der Waals surface area contributed by atoms with E-state index in [1.165, 1.54) is 0 Å². The predicted octanol–water partition coefficient (Wildman–Crippen LogP) is 2.92. The van der Waals surface area contributed by atoms with Gasteiger partial charge in [-0.25, -0.2) is 0 Å². The van der Waals surface area contributed by atoms with E-state index in [-0.39, 0.29) is 11.3 Å². The Kier molecular flexibility index (Phi) is 5.96. The Bertz CT molecular complexity index is 443. The van der Waals surface area contributed by atoms with E-state index in [1.807, 2.05) is 13.8 Å². The zero-order valence-electron chi connectivity index (χ0n) is 11.9. The Morgan fingerprint density at radius 2 is 1.89 bits per heavy atom. The fourth-order valence-corrected chi connectivity index (χ4v) is 2.48. The van der Waals surface area contributed by atoms with E-state index in [2.05, 4.69) is 24.1 Å². The first-order valence-corrected chi connectivity index (χ1v) is 7.23. The summed E-state index contributed by atoms with van der Waals surface area (Å²) in [5.74, 6) is 0.259. The highest BCUT2D eigenvalue weighted by molar-refractivity contribution is 7.71. The topological polar surface area (TPSA) is 32.3 Å². The largest absolute Gasteiger partial charge is 0.383 e. The van der Waals surface area contributed by atoms with Crippen LogP contribution in [0.25, 0.3) is 0 Å². The van der Waals surface area contributed by atoms with Crippen molar-refractivity contribution in [2.45, 2.75) is 40.0 Å². The highest BCUT2D eigenvalue weighted by atomic mass is 32.1. The van der Waals surface area contributed by atoms with Crippen LogP contribution in [0, 0.1) is 4.51 Å². The molecule has 3 nitrogen and oxygen atoms in total. The summed E-state index contributed by atoms with van der Waals surface area (Å²) in [6.45, 7) is 12.6. The first-order valence-electron chi connectivity index (χ1n) is 6.82. The van der Waals surface area contributed by atoms with Crippen molar-refractivity contribution in [1.29, 1.82) is 0 Å². The summed E-state index contributed by atoms with van der Waals surface area (Å²) in [5.41, 5.74) is 1.86. The minimum absolute atomic E-state index is 0.0613. The molecule has 0 aromatic heterocycles. The van der Waals surface area contributed by atoms with Crippen LogP contribution in [0.1, 0.15) is 45.6 Å². The van der Waals surface area contributed by atoms with Crippen molar-refractivity contribution in [3.05, 3.63) is 20.3 Å². The van der Waals surface area contributed by atoms with Gasteiger partial charge in [-0.15, -0.1) is 0 Å². The minimum atomic E-state index is 0.0613. The van der Waals surface area contributed by atoms with Crippen LogP contribution in [0.3, 0.4) is 0 Å². The van der Waals surface area contributed by atoms with Crippen molar-refractivity contribution in [3.8, 4) is 0 Å². The lowest BCUT2D eigenvalue weighted by Crippen LogP contribution is -2.27. The first-order chi connectivity index (χ1) is 8.52. The maximum Gasteiger partial charge on any atom is 0.204 e. The molecule has 0 atom stereocenters. The summed E-state index contributed by atoms with van der Waals surface area (Å²) in [7, 11) is 0. The first kappa shape index (κ1) is 15.3. The van der Waals surface area contributed by atoms with E-state index in [0.29, 0.717) is 4.51 Å². The van der Waals surface area contributed by atoms with Crippen LogP contribution in [-0.2, 0) is 0 Å². The Morgan fingerprint density at radius 3 is 2.39 bits per heavy atom. The van der Waals surface area contributed by atoms with Crippen LogP contribution in [-0.4, -0.2) is 31.1 Å². The molecule has 1 aromatic carbocycles. The molecule has 1 rings (SSSR count). The summed E-state index contributed by atoms with van der Waals surface area (Å²) >= 11 is 5.09. The third-order valence-corrected chi connectivity index (χ3v) is 3.76. The van der Waals surface area contributed by atoms with Gasteiger partial charge in [0.15, 0.2) is 0 Å². The summed E-state index contributed by atoms with van der Waals surface area (Å²) < 4.78 is 0.488. The van der Waals surface area contributed by atoms with Gasteiger partial charge in [0.05, 0.1) is 5.69 Å². The van der Waals surface area contributed by atoms with Crippen molar-refractivity contribution in [3.63, 3.8) is 0 Å². The Balaban J connectivity index is 2.43. The lowest BCUT2D eigenvalue weighted by molar-refractivity contribution is 0.303. The van der Waals surface area contributed by atoms with Crippen molar-refractivity contribution in [2.24, 2.45) is 0 Å². The lowest BCUT2D eigenvalue weighted by Gasteiger charge is -2.20. The van der Waals surface area contributed by atoms with Crippen LogP contribution in [0.15, 0.2) is 4.79 Å². The molecule has 0 amide bonds. The Labute approximate surface area is 115 Å². The van der Waals surface area contributed by atoms with Crippen molar-refractivity contribution >= 4 is 17.9 Å². The third-order valence-electron chi connectivity index (χ3n) is 3.37. The van der Waals surface area contributed by atoms with Gasteiger partial charge in [0.2, 0.25) is 5.43 Å². The van der Waals surface area contributed by atoms with Crippen LogP contribution < -0.4 is 10.7 Å². The molecular weight excluding hydrogens is 244 g/mol. The molecule has 102 valence electrons. The maximum atomic E-state index is 11.6. The second-order valence-corrected chi connectivity index (χ2v) is 5.32. The SMILES string of the molecule is CCN(CC)CCCNc1c(C(C)C)c(=O)c1=S. The zero-order valence-corrected chi connectivity index (χ0v) is 12.7.